The first-order valence-electron chi connectivity index (χ1n) is 8.59. The fourth-order valence-electron chi connectivity index (χ4n) is 2.83. The van der Waals surface area contributed by atoms with Gasteiger partial charge >= 0.3 is 5.97 Å². The molecule has 0 heterocycles. The Kier molecular flexibility index (Phi) is 8.83. The second kappa shape index (κ2) is 10.4. The molecule has 2 N–H and O–H groups in total. The second-order valence-electron chi connectivity index (χ2n) is 6.00. The van der Waals surface area contributed by atoms with Crippen LogP contribution < -0.4 is 0 Å². The molecule has 0 aliphatic carbocycles. The predicted octanol–water partition coefficient (Wildman–Crippen LogP) is 4.31. The second-order valence-corrected chi connectivity index (χ2v) is 6.00. The minimum absolute atomic E-state index is 0.0443. The molecule has 0 saturated heterocycles. The number of aryl methyl sites for hydroxylation is 2. The molecular weight excluding hydrogens is 276 g/mol. The summed E-state index contributed by atoms with van der Waals surface area (Å²) in [7, 11) is 0. The summed E-state index contributed by atoms with van der Waals surface area (Å²) >= 11 is 0. The highest BCUT2D eigenvalue weighted by molar-refractivity contribution is 5.76. The summed E-state index contributed by atoms with van der Waals surface area (Å²) < 4.78 is 0. The Hall–Kier alpha value is -1.35. The first-order valence-corrected chi connectivity index (χ1v) is 8.59. The van der Waals surface area contributed by atoms with Gasteiger partial charge in [0.2, 0.25) is 0 Å². The summed E-state index contributed by atoms with van der Waals surface area (Å²) in [5.74, 6) is -1.29. The summed E-state index contributed by atoms with van der Waals surface area (Å²) in [5.41, 5.74) is 3.43. The predicted molar refractivity (Wildman–Crippen MR) is 90.4 cm³/mol. The topological polar surface area (TPSA) is 57.5 Å². The molecule has 0 saturated carbocycles. The minimum Gasteiger partial charge on any atom is -0.481 e. The van der Waals surface area contributed by atoms with Crippen LogP contribution in [0.15, 0.2) is 18.2 Å². The molecule has 0 aromatic heterocycles. The van der Waals surface area contributed by atoms with Gasteiger partial charge in [-0.05, 0) is 55.2 Å². The Balaban J connectivity index is 3.04. The number of hydrogen-bond donors (Lipinski definition) is 2. The van der Waals surface area contributed by atoms with Crippen LogP contribution in [0.2, 0.25) is 0 Å². The molecule has 3 heteroatoms. The van der Waals surface area contributed by atoms with Crippen molar-refractivity contribution in [1.29, 1.82) is 0 Å². The molecule has 1 rings (SSSR count). The molecule has 0 bridgehead atoms. The van der Waals surface area contributed by atoms with E-state index in [-0.39, 0.29) is 6.61 Å². The van der Waals surface area contributed by atoms with Crippen molar-refractivity contribution in [1.82, 2.24) is 0 Å². The van der Waals surface area contributed by atoms with Crippen LogP contribution >= 0.6 is 0 Å². The van der Waals surface area contributed by atoms with Gasteiger partial charge in [0.15, 0.2) is 0 Å². The first-order chi connectivity index (χ1) is 10.6. The zero-order valence-electron chi connectivity index (χ0n) is 14.0. The number of carboxylic acids is 1. The monoisotopic (exact) mass is 306 g/mol. The quantitative estimate of drug-likeness (QED) is 0.640. The zero-order valence-corrected chi connectivity index (χ0v) is 14.0. The van der Waals surface area contributed by atoms with Crippen LogP contribution in [0.25, 0.3) is 0 Å². The summed E-state index contributed by atoms with van der Waals surface area (Å²) in [6.45, 7) is 4.38. The van der Waals surface area contributed by atoms with Crippen LogP contribution in [-0.2, 0) is 17.6 Å². The van der Waals surface area contributed by atoms with E-state index in [4.69, 9.17) is 5.11 Å². The molecule has 3 nitrogen and oxygen atoms in total. The van der Waals surface area contributed by atoms with Crippen LogP contribution in [0, 0.1) is 0 Å². The van der Waals surface area contributed by atoms with Crippen LogP contribution in [0.1, 0.15) is 75.0 Å². The lowest BCUT2D eigenvalue weighted by Crippen LogP contribution is -2.14. The summed E-state index contributed by atoms with van der Waals surface area (Å²) in [6, 6.07) is 6.29. The van der Waals surface area contributed by atoms with Gasteiger partial charge in [0.25, 0.3) is 0 Å². The van der Waals surface area contributed by atoms with Gasteiger partial charge < -0.3 is 10.2 Å². The van der Waals surface area contributed by atoms with E-state index in [0.29, 0.717) is 12.8 Å². The first kappa shape index (κ1) is 18.7. The molecule has 0 aliphatic rings. The summed E-state index contributed by atoms with van der Waals surface area (Å²) in [4.78, 5) is 11.6. The number of aliphatic hydroxyl groups is 1. The molecule has 1 atom stereocenters. The van der Waals surface area contributed by atoms with E-state index >= 15 is 0 Å². The number of aliphatic hydroxyl groups excluding tert-OH is 1. The van der Waals surface area contributed by atoms with E-state index in [2.05, 4.69) is 26.0 Å². The molecule has 0 aliphatic heterocycles. The number of benzene rings is 1. The smallest absolute Gasteiger partial charge is 0.310 e. The third kappa shape index (κ3) is 5.80. The fraction of sp³-hybridized carbons (Fsp3) is 0.632. The van der Waals surface area contributed by atoms with Crippen molar-refractivity contribution in [3.8, 4) is 0 Å². The van der Waals surface area contributed by atoms with Crippen LogP contribution in [0.3, 0.4) is 0 Å². The molecule has 0 amide bonds. The van der Waals surface area contributed by atoms with Crippen LogP contribution in [-0.4, -0.2) is 22.8 Å². The van der Waals surface area contributed by atoms with Crippen molar-refractivity contribution in [2.24, 2.45) is 0 Å². The summed E-state index contributed by atoms with van der Waals surface area (Å²) in [6.07, 6.45) is 7.54. The lowest BCUT2D eigenvalue weighted by atomic mass is 9.87. The fourth-order valence-corrected chi connectivity index (χ4v) is 2.83. The Morgan fingerprint density at radius 3 is 2.36 bits per heavy atom. The normalized spacial score (nSPS) is 12.3. The lowest BCUT2D eigenvalue weighted by Gasteiger charge is -2.18. The third-order valence-electron chi connectivity index (χ3n) is 4.15. The molecule has 1 aromatic rings. The van der Waals surface area contributed by atoms with Crippen molar-refractivity contribution in [3.63, 3.8) is 0 Å². The number of carboxylic acid groups (broad SMARTS) is 1. The van der Waals surface area contributed by atoms with E-state index in [1.807, 2.05) is 6.07 Å². The highest BCUT2D eigenvalue weighted by Gasteiger charge is 2.22. The number of hydrogen-bond acceptors (Lipinski definition) is 2. The van der Waals surface area contributed by atoms with Gasteiger partial charge in [-0.1, -0.05) is 44.9 Å². The molecule has 1 aromatic carbocycles. The Morgan fingerprint density at radius 1 is 1.09 bits per heavy atom. The van der Waals surface area contributed by atoms with Crippen molar-refractivity contribution in [2.75, 3.05) is 6.61 Å². The molecule has 0 spiro atoms. The van der Waals surface area contributed by atoms with Crippen molar-refractivity contribution in [2.45, 2.75) is 71.1 Å². The van der Waals surface area contributed by atoms with Crippen molar-refractivity contribution >= 4 is 5.97 Å². The number of rotatable bonds is 11. The Labute approximate surface area is 134 Å². The molecular formula is C19H30O3. The lowest BCUT2D eigenvalue weighted by molar-refractivity contribution is -0.139. The van der Waals surface area contributed by atoms with Crippen LogP contribution in [0.4, 0.5) is 0 Å². The van der Waals surface area contributed by atoms with E-state index in [0.717, 1.165) is 31.2 Å². The van der Waals surface area contributed by atoms with Gasteiger partial charge in [-0.2, -0.15) is 0 Å². The van der Waals surface area contributed by atoms with Gasteiger partial charge in [0.1, 0.15) is 0 Å². The third-order valence-corrected chi connectivity index (χ3v) is 4.15. The minimum atomic E-state index is -0.785. The number of aliphatic carboxylic acids is 1. The Bertz CT molecular complexity index is 454. The van der Waals surface area contributed by atoms with E-state index in [9.17, 15) is 9.90 Å². The number of unbranched alkanes of at least 4 members (excludes halogenated alkanes) is 2. The maximum Gasteiger partial charge on any atom is 0.310 e. The average Bonchev–Trinajstić information content (AvgIpc) is 2.52. The maximum absolute atomic E-state index is 11.6. The Morgan fingerprint density at radius 2 is 1.77 bits per heavy atom. The van der Waals surface area contributed by atoms with E-state index in [1.165, 1.54) is 24.0 Å². The molecule has 124 valence electrons. The highest BCUT2D eigenvalue weighted by atomic mass is 16.4. The van der Waals surface area contributed by atoms with E-state index < -0.39 is 11.9 Å². The summed E-state index contributed by atoms with van der Waals surface area (Å²) in [5, 5.41) is 18.5. The van der Waals surface area contributed by atoms with Gasteiger partial charge in [0, 0.05) is 6.61 Å². The van der Waals surface area contributed by atoms with Gasteiger partial charge in [-0.25, -0.2) is 0 Å². The van der Waals surface area contributed by atoms with Gasteiger partial charge in [0.05, 0.1) is 5.92 Å². The number of carbonyl (C=O) groups is 1. The average molecular weight is 306 g/mol. The van der Waals surface area contributed by atoms with E-state index in [1.54, 1.807) is 0 Å². The highest BCUT2D eigenvalue weighted by Crippen LogP contribution is 2.28. The largest absolute Gasteiger partial charge is 0.481 e. The maximum atomic E-state index is 11.6. The zero-order chi connectivity index (χ0) is 16.4. The van der Waals surface area contributed by atoms with Crippen molar-refractivity contribution in [3.05, 3.63) is 34.9 Å². The van der Waals surface area contributed by atoms with Crippen molar-refractivity contribution < 1.29 is 15.0 Å². The molecule has 22 heavy (non-hydrogen) atoms. The molecule has 0 radical (unpaired) electrons. The standard InChI is InChI=1S/C19H30O3/c1-3-5-8-15-11-12-17(16(14-15)9-6-4-2)18(19(21)22)10-7-13-20/h11-12,14,18,20H,3-10,13H2,1-2H3,(H,21,22). The molecule has 1 unspecified atom stereocenters. The van der Waals surface area contributed by atoms with Gasteiger partial charge in [-0.3, -0.25) is 4.79 Å². The molecule has 0 fully saturated rings. The SMILES string of the molecule is CCCCc1ccc(C(CCCO)C(=O)O)c(CCCC)c1. The van der Waals surface area contributed by atoms with Gasteiger partial charge in [-0.15, -0.1) is 0 Å². The van der Waals surface area contributed by atoms with Crippen LogP contribution in [0.5, 0.6) is 0 Å².